The van der Waals surface area contributed by atoms with Crippen molar-refractivity contribution in [1.29, 1.82) is 0 Å². The minimum atomic E-state index is -0.165. The van der Waals surface area contributed by atoms with Crippen LogP contribution in [-0.2, 0) is 0 Å². The van der Waals surface area contributed by atoms with Crippen LogP contribution in [0.3, 0.4) is 0 Å². The van der Waals surface area contributed by atoms with Gasteiger partial charge < -0.3 is 10.0 Å². The van der Waals surface area contributed by atoms with Crippen molar-refractivity contribution in [3.63, 3.8) is 0 Å². The number of anilines is 1. The fourth-order valence-electron chi connectivity index (χ4n) is 1.63. The van der Waals surface area contributed by atoms with Crippen molar-refractivity contribution >= 4 is 5.95 Å². The highest BCUT2D eigenvalue weighted by atomic mass is 16.3. The van der Waals surface area contributed by atoms with E-state index in [1.54, 1.807) is 4.80 Å². The van der Waals surface area contributed by atoms with Crippen LogP contribution in [-0.4, -0.2) is 44.5 Å². The molecule has 1 fully saturated rings. The van der Waals surface area contributed by atoms with Crippen molar-refractivity contribution in [3.05, 3.63) is 0 Å². The van der Waals surface area contributed by atoms with Crippen LogP contribution in [0, 0.1) is 0 Å². The molecule has 1 saturated heterocycles. The van der Waals surface area contributed by atoms with E-state index in [-0.39, 0.29) is 12.1 Å². The van der Waals surface area contributed by atoms with Crippen LogP contribution in [0.25, 0.3) is 0 Å². The second-order valence-electron chi connectivity index (χ2n) is 4.22. The summed E-state index contributed by atoms with van der Waals surface area (Å²) in [6, 6.07) is 0.238. The summed E-state index contributed by atoms with van der Waals surface area (Å²) in [6.45, 7) is 5.66. The molecule has 0 bridgehead atoms. The van der Waals surface area contributed by atoms with Gasteiger partial charge in [-0.3, -0.25) is 0 Å². The molecular formula is C9H17N5O. The Morgan fingerprint density at radius 1 is 1.33 bits per heavy atom. The van der Waals surface area contributed by atoms with Crippen LogP contribution in [0.4, 0.5) is 5.95 Å². The topological polar surface area (TPSA) is 67.1 Å². The summed E-state index contributed by atoms with van der Waals surface area (Å²) >= 11 is 0. The minimum Gasteiger partial charge on any atom is -0.393 e. The molecule has 0 aromatic carbocycles. The predicted octanol–water partition coefficient (Wildman–Crippen LogP) is 0.215. The molecule has 15 heavy (non-hydrogen) atoms. The van der Waals surface area contributed by atoms with Crippen molar-refractivity contribution in [2.24, 2.45) is 0 Å². The number of hydrogen-bond acceptors (Lipinski definition) is 5. The molecule has 1 aromatic rings. The molecule has 1 aliphatic rings. The molecule has 0 aliphatic carbocycles. The quantitative estimate of drug-likeness (QED) is 0.757. The highest BCUT2D eigenvalue weighted by molar-refractivity contribution is 5.26. The first-order chi connectivity index (χ1) is 7.16. The first-order valence-electron chi connectivity index (χ1n) is 5.39. The van der Waals surface area contributed by atoms with E-state index in [1.165, 1.54) is 0 Å². The predicted molar refractivity (Wildman–Crippen MR) is 55.7 cm³/mol. The average molecular weight is 211 g/mol. The SMILES string of the molecule is CC(C)n1nnc(N2CCC(O)CC2)n1. The number of nitrogens with zero attached hydrogens (tertiary/aromatic N) is 5. The van der Waals surface area contributed by atoms with E-state index < -0.39 is 0 Å². The van der Waals surface area contributed by atoms with Gasteiger partial charge in [-0.15, -0.1) is 5.10 Å². The molecule has 0 unspecified atom stereocenters. The summed E-state index contributed by atoms with van der Waals surface area (Å²) in [4.78, 5) is 3.68. The second kappa shape index (κ2) is 4.14. The van der Waals surface area contributed by atoms with E-state index in [0.717, 1.165) is 25.9 Å². The Morgan fingerprint density at radius 2 is 2.00 bits per heavy atom. The lowest BCUT2D eigenvalue weighted by Gasteiger charge is -2.27. The van der Waals surface area contributed by atoms with Crippen LogP contribution in [0.15, 0.2) is 0 Å². The summed E-state index contributed by atoms with van der Waals surface area (Å²) in [5.74, 6) is 0.676. The fourth-order valence-corrected chi connectivity index (χ4v) is 1.63. The van der Waals surface area contributed by atoms with E-state index >= 15 is 0 Å². The second-order valence-corrected chi connectivity index (χ2v) is 4.22. The van der Waals surface area contributed by atoms with Gasteiger partial charge in [0.2, 0.25) is 0 Å². The van der Waals surface area contributed by atoms with Gasteiger partial charge in [-0.2, -0.15) is 4.80 Å². The molecule has 1 N–H and O–H groups in total. The van der Waals surface area contributed by atoms with Crippen molar-refractivity contribution in [2.45, 2.75) is 38.8 Å². The molecule has 1 aromatic heterocycles. The zero-order chi connectivity index (χ0) is 10.8. The Balaban J connectivity index is 2.03. The van der Waals surface area contributed by atoms with Crippen molar-refractivity contribution in [1.82, 2.24) is 20.2 Å². The molecule has 0 saturated carbocycles. The number of rotatable bonds is 2. The van der Waals surface area contributed by atoms with Gasteiger partial charge in [0.15, 0.2) is 0 Å². The van der Waals surface area contributed by atoms with Crippen molar-refractivity contribution in [3.8, 4) is 0 Å². The van der Waals surface area contributed by atoms with Crippen LogP contribution in [0.5, 0.6) is 0 Å². The molecule has 1 aliphatic heterocycles. The number of hydrogen-bond donors (Lipinski definition) is 1. The Labute approximate surface area is 88.9 Å². The highest BCUT2D eigenvalue weighted by Crippen LogP contribution is 2.15. The fraction of sp³-hybridized carbons (Fsp3) is 0.889. The average Bonchev–Trinajstić information content (AvgIpc) is 2.68. The maximum atomic E-state index is 9.38. The third kappa shape index (κ3) is 2.26. The lowest BCUT2D eigenvalue weighted by atomic mass is 10.1. The Morgan fingerprint density at radius 3 is 2.53 bits per heavy atom. The number of piperidine rings is 1. The first kappa shape index (κ1) is 10.4. The standard InChI is InChI=1S/C9H17N5O/c1-7(2)14-11-9(10-12-14)13-5-3-8(15)4-6-13/h7-8,15H,3-6H2,1-2H3. The van der Waals surface area contributed by atoms with Gasteiger partial charge >= 0.3 is 0 Å². The third-order valence-corrected chi connectivity index (χ3v) is 2.63. The minimum absolute atomic E-state index is 0.165. The lowest BCUT2D eigenvalue weighted by Crippen LogP contribution is -2.36. The molecule has 2 heterocycles. The number of tetrazole rings is 1. The molecule has 0 amide bonds. The molecule has 6 heteroatoms. The Hall–Kier alpha value is -1.17. The Bertz CT molecular complexity index is 316. The molecule has 84 valence electrons. The monoisotopic (exact) mass is 211 g/mol. The smallest absolute Gasteiger partial charge is 0.266 e. The zero-order valence-electron chi connectivity index (χ0n) is 9.17. The largest absolute Gasteiger partial charge is 0.393 e. The summed E-state index contributed by atoms with van der Waals surface area (Å²) in [5.41, 5.74) is 0. The molecule has 0 spiro atoms. The van der Waals surface area contributed by atoms with Crippen molar-refractivity contribution < 1.29 is 5.11 Å². The maximum Gasteiger partial charge on any atom is 0.266 e. The highest BCUT2D eigenvalue weighted by Gasteiger charge is 2.20. The lowest BCUT2D eigenvalue weighted by molar-refractivity contribution is 0.145. The summed E-state index contributed by atoms with van der Waals surface area (Å²) < 4.78 is 0. The van der Waals surface area contributed by atoms with Gasteiger partial charge in [-0.05, 0) is 31.9 Å². The van der Waals surface area contributed by atoms with Gasteiger partial charge in [0.05, 0.1) is 12.1 Å². The van der Waals surface area contributed by atoms with E-state index in [4.69, 9.17) is 0 Å². The zero-order valence-corrected chi connectivity index (χ0v) is 9.17. The van der Waals surface area contributed by atoms with Gasteiger partial charge in [-0.25, -0.2) is 0 Å². The summed E-state index contributed by atoms with van der Waals surface area (Å²) in [7, 11) is 0. The molecule has 2 rings (SSSR count). The van der Waals surface area contributed by atoms with E-state index in [2.05, 4.69) is 20.3 Å². The van der Waals surface area contributed by atoms with Crippen LogP contribution in [0.1, 0.15) is 32.7 Å². The molecule has 0 atom stereocenters. The van der Waals surface area contributed by atoms with Gasteiger partial charge in [-0.1, -0.05) is 5.10 Å². The molecular weight excluding hydrogens is 194 g/mol. The van der Waals surface area contributed by atoms with Gasteiger partial charge in [0.25, 0.3) is 5.95 Å². The third-order valence-electron chi connectivity index (χ3n) is 2.63. The van der Waals surface area contributed by atoms with Gasteiger partial charge in [0, 0.05) is 13.1 Å². The Kier molecular flexibility index (Phi) is 2.86. The number of aliphatic hydroxyl groups excluding tert-OH is 1. The normalized spacial score (nSPS) is 18.8. The van der Waals surface area contributed by atoms with E-state index in [9.17, 15) is 5.11 Å². The van der Waals surface area contributed by atoms with E-state index in [0.29, 0.717) is 5.95 Å². The molecule has 0 radical (unpaired) electrons. The maximum absolute atomic E-state index is 9.38. The van der Waals surface area contributed by atoms with E-state index in [1.807, 2.05) is 13.8 Å². The van der Waals surface area contributed by atoms with Gasteiger partial charge in [0.1, 0.15) is 0 Å². The number of aliphatic hydroxyl groups is 1. The van der Waals surface area contributed by atoms with Crippen LogP contribution in [0.2, 0.25) is 0 Å². The van der Waals surface area contributed by atoms with Crippen LogP contribution >= 0.6 is 0 Å². The number of aromatic nitrogens is 4. The molecule has 6 nitrogen and oxygen atoms in total. The first-order valence-corrected chi connectivity index (χ1v) is 5.39. The van der Waals surface area contributed by atoms with Crippen molar-refractivity contribution in [2.75, 3.05) is 18.0 Å². The van der Waals surface area contributed by atoms with Crippen LogP contribution < -0.4 is 4.90 Å². The summed E-state index contributed by atoms with van der Waals surface area (Å²) in [6.07, 6.45) is 1.41. The summed E-state index contributed by atoms with van der Waals surface area (Å²) in [5, 5.41) is 21.7.